The van der Waals surface area contributed by atoms with Crippen molar-refractivity contribution >= 4 is 46.9 Å². The monoisotopic (exact) mass is 687 g/mol. The van der Waals surface area contributed by atoms with Crippen molar-refractivity contribution in [2.75, 3.05) is 31.6 Å². The number of carbonyl (C=O) groups is 3. The van der Waals surface area contributed by atoms with E-state index < -0.39 is 17.1 Å². The Morgan fingerprint density at radius 1 is 0.740 bits per heavy atom. The summed E-state index contributed by atoms with van der Waals surface area (Å²) in [5.74, 6) is 0.944. The Hall–Kier alpha value is -6.20. The minimum absolute atomic E-state index is 0.0197. The van der Waals surface area contributed by atoms with Crippen LogP contribution in [0.5, 0.6) is 23.0 Å². The van der Waals surface area contributed by atoms with Crippen molar-refractivity contribution in [3.63, 3.8) is 0 Å². The molecule has 0 bridgehead atoms. The first-order chi connectivity index (χ1) is 24.4. The number of fused-ring (bicyclic) bond motifs is 1. The Morgan fingerprint density at radius 2 is 1.48 bits per heavy atom. The summed E-state index contributed by atoms with van der Waals surface area (Å²) < 4.78 is 21.7. The fourth-order valence-corrected chi connectivity index (χ4v) is 6.20. The highest BCUT2D eigenvalue weighted by atomic mass is 32.2. The molecule has 3 N–H and O–H groups in total. The van der Waals surface area contributed by atoms with Crippen LogP contribution in [0.2, 0.25) is 0 Å². The van der Waals surface area contributed by atoms with E-state index in [1.165, 1.54) is 32.1 Å². The highest BCUT2D eigenvalue weighted by Crippen LogP contribution is 2.39. The van der Waals surface area contributed by atoms with E-state index >= 15 is 0 Å². The smallest absolute Gasteiger partial charge is 0.272 e. The van der Waals surface area contributed by atoms with Gasteiger partial charge < -0.3 is 34.9 Å². The molecular formula is C39H33N3O7S. The Balaban J connectivity index is 1.25. The first-order valence-electron chi connectivity index (χ1n) is 15.5. The third kappa shape index (κ3) is 8.26. The molecule has 0 spiro atoms. The van der Waals surface area contributed by atoms with Crippen molar-refractivity contribution in [3.05, 3.63) is 144 Å². The SMILES string of the molecule is COc1ccc(OC)c(/C=C(/NC(=O)c2ccccc2)C(=O)Nc2cccc(SC(C(=O)Nc3ccc4c(c3)OCO4)c3ccccc3)c2)c1. The minimum atomic E-state index is -0.631. The first kappa shape index (κ1) is 33.7. The minimum Gasteiger partial charge on any atom is -0.497 e. The third-order valence-corrected chi connectivity index (χ3v) is 8.84. The Labute approximate surface area is 293 Å². The van der Waals surface area contributed by atoms with Gasteiger partial charge in [-0.05, 0) is 72.3 Å². The number of benzene rings is 5. The van der Waals surface area contributed by atoms with Crippen LogP contribution in [0.1, 0.15) is 26.7 Å². The lowest BCUT2D eigenvalue weighted by molar-refractivity contribution is -0.116. The lowest BCUT2D eigenvalue weighted by Gasteiger charge is -2.18. The van der Waals surface area contributed by atoms with E-state index in [1.54, 1.807) is 84.9 Å². The van der Waals surface area contributed by atoms with E-state index in [0.717, 1.165) is 10.5 Å². The molecule has 10 nitrogen and oxygen atoms in total. The Bertz CT molecular complexity index is 2040. The second-order valence-corrected chi connectivity index (χ2v) is 12.1. The van der Waals surface area contributed by atoms with E-state index in [-0.39, 0.29) is 18.4 Å². The number of hydrogen-bond donors (Lipinski definition) is 3. The molecule has 5 aromatic carbocycles. The van der Waals surface area contributed by atoms with Crippen LogP contribution in [-0.4, -0.2) is 38.7 Å². The van der Waals surface area contributed by atoms with Gasteiger partial charge in [-0.3, -0.25) is 14.4 Å². The summed E-state index contributed by atoms with van der Waals surface area (Å²) in [5.41, 5.74) is 2.72. The molecule has 5 aromatic rings. The largest absolute Gasteiger partial charge is 0.497 e. The van der Waals surface area contributed by atoms with E-state index in [0.29, 0.717) is 45.5 Å². The van der Waals surface area contributed by atoms with Gasteiger partial charge in [0.1, 0.15) is 22.4 Å². The van der Waals surface area contributed by atoms with Gasteiger partial charge in [-0.25, -0.2) is 0 Å². The van der Waals surface area contributed by atoms with Gasteiger partial charge in [0.2, 0.25) is 12.7 Å². The molecule has 6 rings (SSSR count). The molecule has 1 heterocycles. The highest BCUT2D eigenvalue weighted by molar-refractivity contribution is 8.00. The second kappa shape index (κ2) is 15.8. The predicted octanol–water partition coefficient (Wildman–Crippen LogP) is 7.31. The normalized spacial score (nSPS) is 12.4. The molecule has 0 aliphatic carbocycles. The molecule has 1 aliphatic heterocycles. The topological polar surface area (TPSA) is 124 Å². The van der Waals surface area contributed by atoms with Gasteiger partial charge in [-0.1, -0.05) is 54.6 Å². The van der Waals surface area contributed by atoms with Gasteiger partial charge in [-0.15, -0.1) is 11.8 Å². The number of anilines is 2. The maximum Gasteiger partial charge on any atom is 0.272 e. The van der Waals surface area contributed by atoms with Crippen molar-refractivity contribution in [1.29, 1.82) is 0 Å². The zero-order valence-electron chi connectivity index (χ0n) is 27.2. The molecule has 1 atom stereocenters. The van der Waals surface area contributed by atoms with Crippen LogP contribution in [0.15, 0.2) is 132 Å². The number of carbonyl (C=O) groups excluding carboxylic acids is 3. The van der Waals surface area contributed by atoms with Crippen LogP contribution in [-0.2, 0) is 9.59 Å². The molecule has 3 amide bonds. The summed E-state index contributed by atoms with van der Waals surface area (Å²) in [6, 6.07) is 35.6. The molecule has 252 valence electrons. The maximum atomic E-state index is 13.8. The molecule has 0 aromatic heterocycles. The van der Waals surface area contributed by atoms with E-state index in [1.807, 2.05) is 36.4 Å². The summed E-state index contributed by atoms with van der Waals surface area (Å²) in [6.45, 7) is 0.133. The number of hydrogen-bond acceptors (Lipinski definition) is 8. The van der Waals surface area contributed by atoms with Gasteiger partial charge in [-0.2, -0.15) is 0 Å². The van der Waals surface area contributed by atoms with Gasteiger partial charge in [0.25, 0.3) is 11.8 Å². The van der Waals surface area contributed by atoms with Crippen LogP contribution < -0.4 is 34.9 Å². The fraction of sp³-hybridized carbons (Fsp3) is 0.103. The first-order valence-corrected chi connectivity index (χ1v) is 16.4. The Morgan fingerprint density at radius 3 is 2.24 bits per heavy atom. The van der Waals surface area contributed by atoms with Crippen LogP contribution >= 0.6 is 11.8 Å². The molecule has 1 unspecified atom stereocenters. The molecule has 0 saturated heterocycles. The van der Waals surface area contributed by atoms with Gasteiger partial charge in [0.05, 0.1) is 14.2 Å². The predicted molar refractivity (Wildman–Crippen MR) is 193 cm³/mol. The molecular weight excluding hydrogens is 655 g/mol. The van der Waals surface area contributed by atoms with E-state index in [2.05, 4.69) is 16.0 Å². The average molecular weight is 688 g/mol. The molecule has 11 heteroatoms. The molecule has 0 saturated carbocycles. The molecule has 1 aliphatic rings. The summed E-state index contributed by atoms with van der Waals surface area (Å²) >= 11 is 1.33. The number of amides is 3. The number of thioether (sulfide) groups is 1. The van der Waals surface area contributed by atoms with E-state index in [4.69, 9.17) is 18.9 Å². The lowest BCUT2D eigenvalue weighted by atomic mass is 10.1. The number of rotatable bonds is 12. The van der Waals surface area contributed by atoms with Crippen molar-refractivity contribution in [1.82, 2.24) is 5.32 Å². The molecule has 0 radical (unpaired) electrons. The van der Waals surface area contributed by atoms with Crippen molar-refractivity contribution in [2.24, 2.45) is 0 Å². The highest BCUT2D eigenvalue weighted by Gasteiger charge is 2.24. The van der Waals surface area contributed by atoms with E-state index in [9.17, 15) is 14.4 Å². The van der Waals surface area contributed by atoms with Crippen LogP contribution in [0.25, 0.3) is 6.08 Å². The molecule has 50 heavy (non-hydrogen) atoms. The number of nitrogens with one attached hydrogen (secondary N) is 3. The summed E-state index contributed by atoms with van der Waals surface area (Å²) in [5, 5.41) is 8.01. The second-order valence-electron chi connectivity index (χ2n) is 10.9. The summed E-state index contributed by atoms with van der Waals surface area (Å²) in [4.78, 5) is 41.5. The lowest BCUT2D eigenvalue weighted by Crippen LogP contribution is -2.30. The molecule has 0 fully saturated rings. The van der Waals surface area contributed by atoms with Crippen LogP contribution in [0, 0.1) is 0 Å². The van der Waals surface area contributed by atoms with Crippen molar-refractivity contribution in [3.8, 4) is 23.0 Å². The standard InChI is InChI=1S/C39H33N3O7S/c1-46-30-17-19-33(47-2)27(20-30)21-32(42-37(43)26-12-7-4-8-13-26)38(44)40-28-14-9-15-31(22-28)50-36(25-10-5-3-6-11-25)39(45)41-29-16-18-34-35(23-29)49-24-48-34/h3-23,36H,24H2,1-2H3,(H,40,44)(H,41,45)(H,42,43)/b32-21+. The number of methoxy groups -OCH3 is 2. The van der Waals surface area contributed by atoms with Crippen LogP contribution in [0.4, 0.5) is 11.4 Å². The Kier molecular flexibility index (Phi) is 10.6. The summed E-state index contributed by atoms with van der Waals surface area (Å²) in [6.07, 6.45) is 1.53. The average Bonchev–Trinajstić information content (AvgIpc) is 3.62. The maximum absolute atomic E-state index is 13.8. The van der Waals surface area contributed by atoms with Crippen LogP contribution in [0.3, 0.4) is 0 Å². The number of ether oxygens (including phenoxy) is 4. The van der Waals surface area contributed by atoms with Crippen molar-refractivity contribution < 1.29 is 33.3 Å². The zero-order chi connectivity index (χ0) is 34.9. The van der Waals surface area contributed by atoms with Crippen molar-refractivity contribution in [2.45, 2.75) is 10.1 Å². The quantitative estimate of drug-likeness (QED) is 0.0922. The van der Waals surface area contributed by atoms with Gasteiger partial charge >= 0.3 is 0 Å². The van der Waals surface area contributed by atoms with Gasteiger partial charge in [0, 0.05) is 33.5 Å². The summed E-state index contributed by atoms with van der Waals surface area (Å²) in [7, 11) is 3.05. The fourth-order valence-electron chi connectivity index (χ4n) is 5.11. The third-order valence-electron chi connectivity index (χ3n) is 7.59. The van der Waals surface area contributed by atoms with Gasteiger partial charge in [0.15, 0.2) is 11.5 Å². The zero-order valence-corrected chi connectivity index (χ0v) is 28.0.